The molecule has 0 atom stereocenters. The summed E-state index contributed by atoms with van der Waals surface area (Å²) < 4.78 is 30.9. The minimum absolute atomic E-state index is 0.0284. The summed E-state index contributed by atoms with van der Waals surface area (Å²) in [7, 11) is -2.27. The van der Waals surface area contributed by atoms with Crippen molar-refractivity contribution in [3.8, 4) is 0 Å². The first-order chi connectivity index (χ1) is 9.03. The zero-order valence-electron chi connectivity index (χ0n) is 10.8. The van der Waals surface area contributed by atoms with E-state index in [4.69, 9.17) is 0 Å². The van der Waals surface area contributed by atoms with Crippen LogP contribution in [0.4, 0.5) is 0 Å². The average molecular weight is 283 g/mol. The molecule has 0 radical (unpaired) electrons. The maximum absolute atomic E-state index is 12.0. The first-order valence-corrected chi connectivity index (χ1v) is 7.69. The Balaban J connectivity index is 2.05. The van der Waals surface area contributed by atoms with Crippen molar-refractivity contribution >= 4 is 16.0 Å². The molecule has 1 aliphatic carbocycles. The van der Waals surface area contributed by atoms with Crippen LogP contribution in [0.25, 0.3) is 0 Å². The SMILES string of the molecule is COC(=O)CCNS(=O)(=O)c1ccc2c(c1)CCC2. The Hall–Kier alpha value is -1.40. The number of aryl methyl sites for hydroxylation is 2. The minimum Gasteiger partial charge on any atom is -0.469 e. The maximum Gasteiger partial charge on any atom is 0.306 e. The largest absolute Gasteiger partial charge is 0.469 e. The summed E-state index contributed by atoms with van der Waals surface area (Å²) in [6, 6.07) is 5.21. The van der Waals surface area contributed by atoms with Crippen LogP contribution < -0.4 is 4.72 Å². The van der Waals surface area contributed by atoms with Gasteiger partial charge in [-0.05, 0) is 42.5 Å². The van der Waals surface area contributed by atoms with E-state index in [1.54, 1.807) is 12.1 Å². The summed E-state index contributed by atoms with van der Waals surface area (Å²) >= 11 is 0. The van der Waals surface area contributed by atoms with Crippen LogP contribution in [-0.2, 0) is 32.4 Å². The quantitative estimate of drug-likeness (QED) is 0.819. The van der Waals surface area contributed by atoms with Crippen LogP contribution in [0.1, 0.15) is 24.0 Å². The molecule has 1 aromatic carbocycles. The van der Waals surface area contributed by atoms with Crippen LogP contribution in [0.5, 0.6) is 0 Å². The summed E-state index contributed by atoms with van der Waals surface area (Å²) in [5.74, 6) is -0.434. The fraction of sp³-hybridized carbons (Fsp3) is 0.462. The first kappa shape index (κ1) is 14.0. The van der Waals surface area contributed by atoms with Gasteiger partial charge in [-0.3, -0.25) is 4.79 Å². The average Bonchev–Trinajstić information content (AvgIpc) is 2.85. The van der Waals surface area contributed by atoms with Gasteiger partial charge in [0.05, 0.1) is 18.4 Å². The highest BCUT2D eigenvalue weighted by atomic mass is 32.2. The van der Waals surface area contributed by atoms with Gasteiger partial charge in [0.15, 0.2) is 0 Å². The van der Waals surface area contributed by atoms with Gasteiger partial charge >= 0.3 is 5.97 Å². The molecule has 5 nitrogen and oxygen atoms in total. The molecule has 1 N–H and O–H groups in total. The molecule has 0 aromatic heterocycles. The lowest BCUT2D eigenvalue weighted by molar-refractivity contribution is -0.140. The number of sulfonamides is 1. The second kappa shape index (κ2) is 5.71. The van der Waals surface area contributed by atoms with E-state index in [0.29, 0.717) is 0 Å². The first-order valence-electron chi connectivity index (χ1n) is 6.21. The number of methoxy groups -OCH3 is 1. The van der Waals surface area contributed by atoms with Gasteiger partial charge in [0.2, 0.25) is 10.0 Å². The molecule has 0 saturated heterocycles. The van der Waals surface area contributed by atoms with E-state index in [2.05, 4.69) is 9.46 Å². The van der Waals surface area contributed by atoms with Crippen molar-refractivity contribution in [2.24, 2.45) is 0 Å². The highest BCUT2D eigenvalue weighted by molar-refractivity contribution is 7.89. The molecular formula is C13H17NO4S. The molecule has 0 spiro atoms. The van der Waals surface area contributed by atoms with Crippen LogP contribution in [-0.4, -0.2) is 28.0 Å². The molecule has 0 unspecified atom stereocenters. The fourth-order valence-corrected chi connectivity index (χ4v) is 3.27. The number of hydrogen-bond donors (Lipinski definition) is 1. The van der Waals surface area contributed by atoms with Crippen molar-refractivity contribution in [1.82, 2.24) is 4.72 Å². The lowest BCUT2D eigenvalue weighted by Gasteiger charge is -2.08. The van der Waals surface area contributed by atoms with Crippen LogP contribution in [0.15, 0.2) is 23.1 Å². The third-order valence-electron chi connectivity index (χ3n) is 3.23. The van der Waals surface area contributed by atoms with Crippen molar-refractivity contribution in [2.75, 3.05) is 13.7 Å². The van der Waals surface area contributed by atoms with Crippen LogP contribution in [0.2, 0.25) is 0 Å². The number of fused-ring (bicyclic) bond motifs is 1. The number of hydrogen-bond acceptors (Lipinski definition) is 4. The number of esters is 1. The molecule has 0 bridgehead atoms. The van der Waals surface area contributed by atoms with Crippen molar-refractivity contribution in [3.05, 3.63) is 29.3 Å². The summed E-state index contributed by atoms with van der Waals surface area (Å²) in [6.07, 6.45) is 3.06. The van der Waals surface area contributed by atoms with E-state index >= 15 is 0 Å². The van der Waals surface area contributed by atoms with Crippen molar-refractivity contribution in [1.29, 1.82) is 0 Å². The van der Waals surface area contributed by atoms with E-state index in [-0.39, 0.29) is 17.9 Å². The molecule has 0 amide bonds. The van der Waals surface area contributed by atoms with Crippen molar-refractivity contribution < 1.29 is 17.9 Å². The second-order valence-electron chi connectivity index (χ2n) is 4.51. The Bertz CT molecular complexity index is 580. The van der Waals surface area contributed by atoms with Gasteiger partial charge in [0.25, 0.3) is 0 Å². The molecule has 6 heteroatoms. The van der Waals surface area contributed by atoms with Gasteiger partial charge in [-0.15, -0.1) is 0 Å². The Morgan fingerprint density at radius 1 is 1.32 bits per heavy atom. The summed E-state index contributed by atoms with van der Waals surface area (Å²) in [6.45, 7) is 0.0477. The molecule has 104 valence electrons. The van der Waals surface area contributed by atoms with E-state index in [0.717, 1.165) is 24.8 Å². The number of ether oxygens (including phenoxy) is 1. The van der Waals surface area contributed by atoms with Gasteiger partial charge in [0, 0.05) is 6.54 Å². The molecule has 0 fully saturated rings. The van der Waals surface area contributed by atoms with Gasteiger partial charge < -0.3 is 4.74 Å². The molecule has 1 aromatic rings. The monoisotopic (exact) mass is 283 g/mol. The third kappa shape index (κ3) is 3.33. The lowest BCUT2D eigenvalue weighted by atomic mass is 10.1. The number of rotatable bonds is 5. The number of carbonyl (C=O) groups excluding carboxylic acids is 1. The second-order valence-corrected chi connectivity index (χ2v) is 6.27. The third-order valence-corrected chi connectivity index (χ3v) is 4.69. The molecular weight excluding hydrogens is 266 g/mol. The van der Waals surface area contributed by atoms with Crippen LogP contribution in [0.3, 0.4) is 0 Å². The van der Waals surface area contributed by atoms with E-state index < -0.39 is 16.0 Å². The maximum atomic E-state index is 12.0. The summed E-state index contributed by atoms with van der Waals surface area (Å²) in [5, 5.41) is 0. The Morgan fingerprint density at radius 2 is 2.05 bits per heavy atom. The van der Waals surface area contributed by atoms with E-state index in [1.807, 2.05) is 6.07 Å². The molecule has 1 aliphatic rings. The number of benzene rings is 1. The summed E-state index contributed by atoms with van der Waals surface area (Å²) in [4.78, 5) is 11.2. The fourth-order valence-electron chi connectivity index (χ4n) is 2.19. The highest BCUT2D eigenvalue weighted by Crippen LogP contribution is 2.24. The van der Waals surface area contributed by atoms with Gasteiger partial charge in [-0.25, -0.2) is 13.1 Å². The molecule has 0 aliphatic heterocycles. The molecule has 19 heavy (non-hydrogen) atoms. The minimum atomic E-state index is -3.54. The van der Waals surface area contributed by atoms with Crippen LogP contribution >= 0.6 is 0 Å². The normalized spacial score (nSPS) is 14.2. The smallest absolute Gasteiger partial charge is 0.306 e. The van der Waals surface area contributed by atoms with Gasteiger partial charge in [-0.1, -0.05) is 6.07 Å². The van der Waals surface area contributed by atoms with Gasteiger partial charge in [0.1, 0.15) is 0 Å². The van der Waals surface area contributed by atoms with E-state index in [1.165, 1.54) is 12.7 Å². The Morgan fingerprint density at radius 3 is 2.79 bits per heavy atom. The molecule has 0 heterocycles. The molecule has 0 saturated carbocycles. The number of nitrogens with one attached hydrogen (secondary N) is 1. The van der Waals surface area contributed by atoms with Crippen LogP contribution in [0, 0.1) is 0 Å². The number of carbonyl (C=O) groups is 1. The zero-order chi connectivity index (χ0) is 13.9. The predicted molar refractivity (Wildman–Crippen MR) is 70.3 cm³/mol. The Labute approximate surface area is 113 Å². The van der Waals surface area contributed by atoms with Crippen molar-refractivity contribution in [3.63, 3.8) is 0 Å². The standard InChI is InChI=1S/C13H17NO4S/c1-18-13(15)7-8-14-19(16,17)12-6-5-10-3-2-4-11(10)9-12/h5-6,9,14H,2-4,7-8H2,1H3. The Kier molecular flexibility index (Phi) is 4.21. The summed E-state index contributed by atoms with van der Waals surface area (Å²) in [5.41, 5.74) is 2.34. The zero-order valence-corrected chi connectivity index (χ0v) is 11.6. The lowest BCUT2D eigenvalue weighted by Crippen LogP contribution is -2.26. The van der Waals surface area contributed by atoms with Gasteiger partial charge in [-0.2, -0.15) is 0 Å². The van der Waals surface area contributed by atoms with Crippen molar-refractivity contribution in [2.45, 2.75) is 30.6 Å². The van der Waals surface area contributed by atoms with E-state index in [9.17, 15) is 13.2 Å². The highest BCUT2D eigenvalue weighted by Gasteiger charge is 2.18. The molecule has 2 rings (SSSR count). The topological polar surface area (TPSA) is 72.5 Å². The predicted octanol–water partition coefficient (Wildman–Crippen LogP) is 1.02.